The van der Waals surface area contributed by atoms with Crippen LogP contribution < -0.4 is 11.5 Å². The van der Waals surface area contributed by atoms with Crippen LogP contribution in [0.15, 0.2) is 0 Å². The van der Waals surface area contributed by atoms with Crippen molar-refractivity contribution in [3.8, 4) is 0 Å². The van der Waals surface area contributed by atoms with Crippen molar-refractivity contribution < 1.29 is 0 Å². The van der Waals surface area contributed by atoms with E-state index in [1.54, 1.807) is 0 Å². The molecule has 0 bridgehead atoms. The van der Waals surface area contributed by atoms with Crippen LogP contribution in [0.2, 0.25) is 6.04 Å². The van der Waals surface area contributed by atoms with Gasteiger partial charge in [-0.25, -0.2) is 0 Å². The number of hydrogen-bond donors (Lipinski definition) is 2. The molecule has 0 aromatic carbocycles. The summed E-state index contributed by atoms with van der Waals surface area (Å²) >= 11 is 0. The Morgan fingerprint density at radius 1 is 1.62 bits per heavy atom. The van der Waals surface area contributed by atoms with Crippen LogP contribution in [-0.2, 0) is 0 Å². The highest BCUT2D eigenvalue weighted by Crippen LogP contribution is 2.01. The SMILES string of the molecule is CC(N)C(CN)C[SiH3]. The summed E-state index contributed by atoms with van der Waals surface area (Å²) in [5.41, 5.74) is 11.0. The number of hydrogen-bond acceptors (Lipinski definition) is 2. The molecule has 0 rings (SSSR count). The predicted octanol–water partition coefficient (Wildman–Crippen LogP) is -1.31. The van der Waals surface area contributed by atoms with Crippen LogP contribution >= 0.6 is 0 Å². The molecule has 2 atom stereocenters. The van der Waals surface area contributed by atoms with E-state index >= 15 is 0 Å². The minimum Gasteiger partial charge on any atom is -0.330 e. The molecule has 50 valence electrons. The van der Waals surface area contributed by atoms with Gasteiger partial charge < -0.3 is 11.5 Å². The third-order valence-corrected chi connectivity index (χ3v) is 2.62. The van der Waals surface area contributed by atoms with Crippen LogP contribution in [0.5, 0.6) is 0 Å². The summed E-state index contributed by atoms with van der Waals surface area (Å²) in [6, 6.07) is 1.52. The topological polar surface area (TPSA) is 52.0 Å². The Morgan fingerprint density at radius 2 is 2.12 bits per heavy atom. The Kier molecular flexibility index (Phi) is 4.13. The van der Waals surface area contributed by atoms with Crippen molar-refractivity contribution in [1.29, 1.82) is 0 Å². The normalized spacial score (nSPS) is 18.4. The first kappa shape index (κ1) is 8.14. The fourth-order valence-corrected chi connectivity index (χ4v) is 1.83. The smallest absolute Gasteiger partial charge is 0.00478 e. The molecule has 0 amide bonds. The molecule has 0 aliphatic heterocycles. The molecule has 8 heavy (non-hydrogen) atoms. The largest absolute Gasteiger partial charge is 0.330 e. The lowest BCUT2D eigenvalue weighted by Crippen LogP contribution is -2.31. The Bertz CT molecular complexity index is 52.4. The molecule has 2 nitrogen and oxygen atoms in total. The van der Waals surface area contributed by atoms with Gasteiger partial charge in [-0.1, -0.05) is 6.04 Å². The average molecular weight is 132 g/mol. The van der Waals surface area contributed by atoms with E-state index in [0.29, 0.717) is 5.92 Å². The van der Waals surface area contributed by atoms with Crippen LogP contribution in [0.4, 0.5) is 0 Å². The van der Waals surface area contributed by atoms with E-state index in [0.717, 1.165) is 6.54 Å². The van der Waals surface area contributed by atoms with E-state index in [9.17, 15) is 0 Å². The van der Waals surface area contributed by atoms with E-state index in [1.165, 1.54) is 16.3 Å². The molecule has 0 saturated heterocycles. The monoisotopic (exact) mass is 132 g/mol. The molecule has 4 N–H and O–H groups in total. The summed E-state index contributed by atoms with van der Waals surface area (Å²) in [5.74, 6) is 0.571. The lowest BCUT2D eigenvalue weighted by atomic mass is 10.1. The summed E-state index contributed by atoms with van der Waals surface area (Å²) < 4.78 is 0. The minimum atomic E-state index is 0.289. The van der Waals surface area contributed by atoms with Gasteiger partial charge in [0.05, 0.1) is 0 Å². The molecular formula is C5H16N2Si. The lowest BCUT2D eigenvalue weighted by Gasteiger charge is -2.15. The van der Waals surface area contributed by atoms with Gasteiger partial charge in [0.1, 0.15) is 0 Å². The van der Waals surface area contributed by atoms with Gasteiger partial charge in [-0.05, 0) is 19.4 Å². The van der Waals surface area contributed by atoms with Gasteiger partial charge in [0.25, 0.3) is 0 Å². The van der Waals surface area contributed by atoms with Gasteiger partial charge in [0, 0.05) is 16.3 Å². The zero-order chi connectivity index (χ0) is 6.57. The van der Waals surface area contributed by atoms with Crippen LogP contribution in [-0.4, -0.2) is 22.8 Å². The lowest BCUT2D eigenvalue weighted by molar-refractivity contribution is 0.495. The first-order valence-corrected chi connectivity index (χ1v) is 4.59. The number of rotatable bonds is 3. The average Bonchev–Trinajstić information content (AvgIpc) is 1.69. The second-order valence-electron chi connectivity index (χ2n) is 2.26. The maximum Gasteiger partial charge on any atom is 0.00478 e. The Morgan fingerprint density at radius 3 is 2.12 bits per heavy atom. The van der Waals surface area contributed by atoms with E-state index in [4.69, 9.17) is 11.5 Å². The molecule has 0 heterocycles. The van der Waals surface area contributed by atoms with E-state index < -0.39 is 0 Å². The minimum absolute atomic E-state index is 0.289. The first-order valence-electron chi connectivity index (χ1n) is 3.18. The zero-order valence-corrected chi connectivity index (χ0v) is 7.72. The van der Waals surface area contributed by atoms with Gasteiger partial charge in [-0.3, -0.25) is 0 Å². The highest BCUT2D eigenvalue weighted by Gasteiger charge is 2.06. The van der Waals surface area contributed by atoms with Crippen molar-refractivity contribution in [2.75, 3.05) is 6.54 Å². The summed E-state index contributed by atoms with van der Waals surface area (Å²) in [5, 5.41) is 0. The molecule has 0 aliphatic rings. The standard InChI is InChI=1S/C5H16N2Si/c1-4(7)5(2-6)3-8/h4-5H,2-3,6-7H2,1,8H3. The van der Waals surface area contributed by atoms with E-state index in [-0.39, 0.29) is 6.04 Å². The maximum atomic E-state index is 5.60. The van der Waals surface area contributed by atoms with Crippen LogP contribution in [0.3, 0.4) is 0 Å². The zero-order valence-electron chi connectivity index (χ0n) is 5.72. The summed E-state index contributed by atoms with van der Waals surface area (Å²) in [6.07, 6.45) is 0. The van der Waals surface area contributed by atoms with Gasteiger partial charge in [0.2, 0.25) is 0 Å². The van der Waals surface area contributed by atoms with Crippen LogP contribution in [0.25, 0.3) is 0 Å². The highest BCUT2D eigenvalue weighted by molar-refractivity contribution is 6.08. The predicted molar refractivity (Wildman–Crippen MR) is 40.9 cm³/mol. The molecule has 2 unspecified atom stereocenters. The van der Waals surface area contributed by atoms with Gasteiger partial charge in [0.15, 0.2) is 0 Å². The summed E-state index contributed by atoms with van der Waals surface area (Å²) in [6.45, 7) is 2.77. The molecular weight excluding hydrogens is 116 g/mol. The second-order valence-corrected chi connectivity index (χ2v) is 3.08. The number of nitrogens with two attached hydrogens (primary N) is 2. The molecule has 0 saturated carbocycles. The molecule has 3 heteroatoms. The van der Waals surface area contributed by atoms with Gasteiger partial charge in [-0.15, -0.1) is 0 Å². The molecule has 0 aromatic rings. The third-order valence-electron chi connectivity index (χ3n) is 1.57. The van der Waals surface area contributed by atoms with Crippen molar-refractivity contribution in [1.82, 2.24) is 0 Å². The highest BCUT2D eigenvalue weighted by atomic mass is 28.1. The Hall–Kier alpha value is 0.137. The third kappa shape index (κ3) is 2.45. The molecule has 0 spiro atoms. The molecule has 0 aromatic heterocycles. The summed E-state index contributed by atoms with van der Waals surface area (Å²) in [4.78, 5) is 0. The van der Waals surface area contributed by atoms with Crippen LogP contribution in [0.1, 0.15) is 6.92 Å². The molecule has 0 aliphatic carbocycles. The molecule has 0 fully saturated rings. The van der Waals surface area contributed by atoms with Crippen molar-refractivity contribution in [2.24, 2.45) is 17.4 Å². The Balaban J connectivity index is 3.35. The Labute approximate surface area is 54.0 Å². The first-order chi connectivity index (χ1) is 3.72. The van der Waals surface area contributed by atoms with E-state index in [2.05, 4.69) is 0 Å². The van der Waals surface area contributed by atoms with Crippen molar-refractivity contribution >= 4 is 10.2 Å². The fourth-order valence-electron chi connectivity index (χ4n) is 0.753. The second kappa shape index (κ2) is 4.06. The summed E-state index contributed by atoms with van der Waals surface area (Å²) in [7, 11) is 1.22. The van der Waals surface area contributed by atoms with E-state index in [1.807, 2.05) is 6.92 Å². The van der Waals surface area contributed by atoms with Gasteiger partial charge >= 0.3 is 0 Å². The van der Waals surface area contributed by atoms with Gasteiger partial charge in [-0.2, -0.15) is 0 Å². The van der Waals surface area contributed by atoms with Crippen molar-refractivity contribution in [2.45, 2.75) is 19.0 Å². The molecule has 0 radical (unpaired) electrons. The maximum absolute atomic E-state index is 5.60. The fraction of sp³-hybridized carbons (Fsp3) is 1.00. The van der Waals surface area contributed by atoms with Crippen LogP contribution in [0, 0.1) is 5.92 Å². The van der Waals surface area contributed by atoms with Crippen molar-refractivity contribution in [3.05, 3.63) is 0 Å². The quantitative estimate of drug-likeness (QED) is 0.469. The van der Waals surface area contributed by atoms with Crippen molar-refractivity contribution in [3.63, 3.8) is 0 Å².